The second kappa shape index (κ2) is 8.88. The van der Waals surface area contributed by atoms with Gasteiger partial charge in [0.05, 0.1) is 17.9 Å². The van der Waals surface area contributed by atoms with Crippen LogP contribution in [0.15, 0.2) is 47.3 Å². The van der Waals surface area contributed by atoms with Gasteiger partial charge in [-0.3, -0.25) is 9.36 Å². The maximum Gasteiger partial charge on any atom is 0.281 e. The Morgan fingerprint density at radius 2 is 2.00 bits per heavy atom. The highest BCUT2D eigenvalue weighted by Gasteiger charge is 2.24. The maximum atomic E-state index is 14.3. The van der Waals surface area contributed by atoms with Gasteiger partial charge in [-0.15, -0.1) is 0 Å². The van der Waals surface area contributed by atoms with Gasteiger partial charge in [-0.05, 0) is 67.6 Å². The second-order valence-electron chi connectivity index (χ2n) is 7.36. The van der Waals surface area contributed by atoms with Gasteiger partial charge in [0, 0.05) is 5.56 Å². The lowest BCUT2D eigenvalue weighted by atomic mass is 10.1. The fourth-order valence-electron chi connectivity index (χ4n) is 3.32. The van der Waals surface area contributed by atoms with Crippen molar-refractivity contribution < 1.29 is 9.13 Å². The molecule has 1 aliphatic carbocycles. The summed E-state index contributed by atoms with van der Waals surface area (Å²) in [5, 5.41) is 8.86. The Labute approximate surface area is 183 Å². The molecule has 0 unspecified atom stereocenters. The van der Waals surface area contributed by atoms with E-state index in [2.05, 4.69) is 4.98 Å². The molecule has 1 heterocycles. The number of nitrogens with zero attached hydrogens (tertiary/aromatic N) is 3. The molecule has 2 N–H and O–H groups in total. The molecule has 1 aliphatic rings. The van der Waals surface area contributed by atoms with Crippen LogP contribution in [0.2, 0.25) is 5.02 Å². The van der Waals surface area contributed by atoms with Gasteiger partial charge in [0.2, 0.25) is 5.88 Å². The summed E-state index contributed by atoms with van der Waals surface area (Å²) in [7, 11) is 0. The van der Waals surface area contributed by atoms with Gasteiger partial charge >= 0.3 is 0 Å². The van der Waals surface area contributed by atoms with Crippen molar-refractivity contribution in [2.24, 2.45) is 5.73 Å². The van der Waals surface area contributed by atoms with Gasteiger partial charge in [-0.2, -0.15) is 10.2 Å². The number of hydrogen-bond donors (Lipinski definition) is 1. The number of aromatic nitrogens is 2. The van der Waals surface area contributed by atoms with Crippen molar-refractivity contribution in [3.05, 3.63) is 74.8 Å². The third kappa shape index (κ3) is 4.31. The van der Waals surface area contributed by atoms with E-state index in [9.17, 15) is 9.18 Å². The van der Waals surface area contributed by atoms with Crippen LogP contribution in [0.25, 0.3) is 17.1 Å². The average Bonchev–Trinajstić information content (AvgIpc) is 3.62. The summed E-state index contributed by atoms with van der Waals surface area (Å²) in [5.74, 6) is -0.00576. The largest absolute Gasteiger partial charge is 0.476 e. The van der Waals surface area contributed by atoms with E-state index >= 15 is 0 Å². The van der Waals surface area contributed by atoms with Gasteiger partial charge in [0.15, 0.2) is 10.8 Å². The highest BCUT2D eigenvalue weighted by molar-refractivity contribution is 6.31. The monoisotopic (exact) mass is 438 g/mol. The number of ether oxygens (including phenoxy) is 1. The van der Waals surface area contributed by atoms with Gasteiger partial charge in [0.1, 0.15) is 11.9 Å². The molecule has 1 fully saturated rings. The molecule has 1 saturated carbocycles. The third-order valence-corrected chi connectivity index (χ3v) is 5.46. The van der Waals surface area contributed by atoms with E-state index < -0.39 is 11.4 Å². The standard InChI is InChI=1S/C23H20ClFN4O2/c24-20-22(31-11-1-10-26)28-21(16-4-5-17(13-27)19(25)12-16)29(23(20)30)18-8-6-15(7-9-18)14-2-3-14/h4-9,12,14H,1-3,10-11,26H2. The second-order valence-corrected chi connectivity index (χ2v) is 7.74. The Balaban J connectivity index is 1.87. The van der Waals surface area contributed by atoms with Gasteiger partial charge < -0.3 is 10.5 Å². The van der Waals surface area contributed by atoms with Crippen LogP contribution in [0.5, 0.6) is 5.88 Å². The highest BCUT2D eigenvalue weighted by atomic mass is 35.5. The molecule has 4 rings (SSSR count). The Morgan fingerprint density at radius 3 is 2.61 bits per heavy atom. The molecule has 2 aromatic carbocycles. The molecule has 3 aromatic rings. The van der Waals surface area contributed by atoms with Crippen molar-refractivity contribution in [2.45, 2.75) is 25.2 Å². The van der Waals surface area contributed by atoms with Gasteiger partial charge in [-0.25, -0.2) is 4.39 Å². The lowest BCUT2D eigenvalue weighted by Gasteiger charge is -2.16. The van der Waals surface area contributed by atoms with E-state index in [4.69, 9.17) is 27.3 Å². The number of benzene rings is 2. The lowest BCUT2D eigenvalue weighted by molar-refractivity contribution is 0.300. The molecule has 0 saturated heterocycles. The van der Waals surface area contributed by atoms with E-state index in [1.54, 1.807) is 6.07 Å². The summed E-state index contributed by atoms with van der Waals surface area (Å²) in [6.07, 6.45) is 2.89. The van der Waals surface area contributed by atoms with Gasteiger partial charge in [0.25, 0.3) is 5.56 Å². The Kier molecular flexibility index (Phi) is 6.03. The maximum absolute atomic E-state index is 14.3. The predicted molar refractivity (Wildman–Crippen MR) is 116 cm³/mol. The lowest BCUT2D eigenvalue weighted by Crippen LogP contribution is -2.23. The van der Waals surface area contributed by atoms with Crippen molar-refractivity contribution >= 4 is 11.6 Å². The normalized spacial score (nSPS) is 13.1. The molecule has 0 bridgehead atoms. The minimum atomic E-state index is -0.703. The summed E-state index contributed by atoms with van der Waals surface area (Å²) in [6.45, 7) is 0.652. The number of hydrogen-bond acceptors (Lipinski definition) is 5. The van der Waals surface area contributed by atoms with Crippen molar-refractivity contribution in [1.29, 1.82) is 5.26 Å². The van der Waals surface area contributed by atoms with E-state index in [0.29, 0.717) is 30.1 Å². The molecule has 31 heavy (non-hydrogen) atoms. The molecule has 8 heteroatoms. The van der Waals surface area contributed by atoms with Crippen LogP contribution < -0.4 is 16.0 Å². The highest BCUT2D eigenvalue weighted by Crippen LogP contribution is 2.40. The molecule has 0 atom stereocenters. The van der Waals surface area contributed by atoms with Gasteiger partial charge in [-0.1, -0.05) is 23.7 Å². The van der Waals surface area contributed by atoms with Crippen LogP contribution in [-0.4, -0.2) is 22.7 Å². The topological polar surface area (TPSA) is 93.9 Å². The van der Waals surface area contributed by atoms with Crippen molar-refractivity contribution in [2.75, 3.05) is 13.2 Å². The third-order valence-electron chi connectivity index (χ3n) is 5.13. The molecule has 158 valence electrons. The molecular weight excluding hydrogens is 419 g/mol. The fourth-order valence-corrected chi connectivity index (χ4v) is 3.50. The van der Waals surface area contributed by atoms with Crippen molar-refractivity contribution in [3.63, 3.8) is 0 Å². The summed E-state index contributed by atoms with van der Waals surface area (Å²) in [6, 6.07) is 13.4. The Morgan fingerprint density at radius 1 is 1.26 bits per heavy atom. The first-order chi connectivity index (χ1) is 15.0. The molecular formula is C23H20ClFN4O2. The summed E-state index contributed by atoms with van der Waals surface area (Å²) >= 11 is 6.29. The summed E-state index contributed by atoms with van der Waals surface area (Å²) in [5.41, 5.74) is 6.95. The van der Waals surface area contributed by atoms with E-state index in [1.807, 2.05) is 24.3 Å². The zero-order valence-electron chi connectivity index (χ0n) is 16.6. The van der Waals surface area contributed by atoms with Crippen LogP contribution in [-0.2, 0) is 0 Å². The average molecular weight is 439 g/mol. The smallest absolute Gasteiger partial charge is 0.281 e. The molecule has 1 aromatic heterocycles. The van der Waals surface area contributed by atoms with Crippen LogP contribution in [0.1, 0.15) is 36.3 Å². The summed E-state index contributed by atoms with van der Waals surface area (Å²) < 4.78 is 21.2. The number of halogens is 2. The fraction of sp³-hybridized carbons (Fsp3) is 0.261. The number of rotatable bonds is 7. The first-order valence-electron chi connectivity index (χ1n) is 9.99. The Hall–Kier alpha value is -3.21. The quantitative estimate of drug-likeness (QED) is 0.559. The van der Waals surface area contributed by atoms with Crippen molar-refractivity contribution in [1.82, 2.24) is 9.55 Å². The first kappa shape index (κ1) is 21.0. The van der Waals surface area contributed by atoms with Crippen LogP contribution in [0.3, 0.4) is 0 Å². The van der Waals surface area contributed by atoms with E-state index in [0.717, 1.165) is 12.8 Å². The number of nitriles is 1. The minimum absolute atomic E-state index is 0.0364. The molecule has 0 radical (unpaired) electrons. The summed E-state index contributed by atoms with van der Waals surface area (Å²) in [4.78, 5) is 17.6. The molecule has 0 aliphatic heterocycles. The SMILES string of the molecule is N#Cc1ccc(-c2nc(OCCCN)c(Cl)c(=O)n2-c2ccc(C3CC3)cc2)cc1F. The van der Waals surface area contributed by atoms with Crippen LogP contribution in [0, 0.1) is 17.1 Å². The molecule has 0 spiro atoms. The van der Waals surface area contributed by atoms with Crippen molar-refractivity contribution in [3.8, 4) is 29.0 Å². The minimum Gasteiger partial charge on any atom is -0.476 e. The van der Waals surface area contributed by atoms with E-state index in [1.165, 1.54) is 28.3 Å². The zero-order chi connectivity index (χ0) is 22.0. The van der Waals surface area contributed by atoms with Crippen LogP contribution in [0.4, 0.5) is 4.39 Å². The van der Waals surface area contributed by atoms with E-state index in [-0.39, 0.29) is 28.9 Å². The number of nitrogens with two attached hydrogens (primary N) is 1. The first-order valence-corrected chi connectivity index (χ1v) is 10.4. The molecule has 0 amide bonds. The van der Waals surface area contributed by atoms with Crippen LogP contribution >= 0.6 is 11.6 Å². The molecule has 6 nitrogen and oxygen atoms in total. The Bertz CT molecular complexity index is 1210. The predicted octanol–water partition coefficient (Wildman–Crippen LogP) is 4.17. The zero-order valence-corrected chi connectivity index (χ0v) is 17.4.